The number of nitrogens with one attached hydrogen (secondary N) is 1. The molecule has 4 nitrogen and oxygen atoms in total. The molecule has 0 aromatic rings. The van der Waals surface area contributed by atoms with Crippen molar-refractivity contribution in [3.8, 4) is 12.3 Å². The number of carbonyl (C=O) groups is 2. The number of terminal acetylenes is 1. The molecule has 29 heavy (non-hydrogen) atoms. The van der Waals surface area contributed by atoms with Crippen molar-refractivity contribution in [1.82, 2.24) is 10.2 Å². The fourth-order valence-corrected chi connectivity index (χ4v) is 7.60. The molecule has 1 N–H and O–H groups in total. The molecule has 1 aliphatic heterocycles. The molecule has 158 valence electrons. The first-order chi connectivity index (χ1) is 13.5. The Morgan fingerprint density at radius 1 is 1.21 bits per heavy atom. The summed E-state index contributed by atoms with van der Waals surface area (Å²) in [5.74, 6) is 4.84. The van der Waals surface area contributed by atoms with E-state index in [2.05, 4.69) is 31.2 Å². The van der Waals surface area contributed by atoms with E-state index in [1.54, 1.807) is 6.08 Å². The molecule has 2 amide bonds. The highest BCUT2D eigenvalue weighted by molar-refractivity contribution is 5.89. The number of fused-ring (bicyclic) bond motifs is 5. The maximum absolute atomic E-state index is 13.1. The summed E-state index contributed by atoms with van der Waals surface area (Å²) in [5, 5.41) is 3.11. The quantitative estimate of drug-likeness (QED) is 0.723. The van der Waals surface area contributed by atoms with Gasteiger partial charge in [0.1, 0.15) is 0 Å². The molecular weight excluding hydrogens is 360 g/mol. The van der Waals surface area contributed by atoms with E-state index in [1.165, 1.54) is 6.42 Å². The topological polar surface area (TPSA) is 49.4 Å². The number of hydrogen-bond donors (Lipinski definition) is 1. The lowest BCUT2D eigenvalue weighted by Crippen LogP contribution is -2.60. The van der Waals surface area contributed by atoms with Gasteiger partial charge in [0.25, 0.3) is 0 Å². The van der Waals surface area contributed by atoms with Crippen molar-refractivity contribution >= 4 is 11.8 Å². The fourth-order valence-electron chi connectivity index (χ4n) is 7.60. The highest BCUT2D eigenvalue weighted by atomic mass is 16.2. The van der Waals surface area contributed by atoms with Crippen LogP contribution in [0.3, 0.4) is 0 Å². The minimum Gasteiger partial charge on any atom is -0.340 e. The summed E-state index contributed by atoms with van der Waals surface area (Å²) in [4.78, 5) is 27.3. The van der Waals surface area contributed by atoms with Crippen molar-refractivity contribution in [1.29, 1.82) is 0 Å². The summed E-state index contributed by atoms with van der Waals surface area (Å²) in [6.45, 7) is 8.51. The van der Waals surface area contributed by atoms with Crippen molar-refractivity contribution in [2.75, 3.05) is 7.05 Å². The Balaban J connectivity index is 1.58. The zero-order valence-electron chi connectivity index (χ0n) is 18.6. The third kappa shape index (κ3) is 2.95. The lowest BCUT2D eigenvalue weighted by molar-refractivity contribution is -0.142. The van der Waals surface area contributed by atoms with Crippen LogP contribution in [-0.4, -0.2) is 35.3 Å². The van der Waals surface area contributed by atoms with Gasteiger partial charge >= 0.3 is 0 Å². The van der Waals surface area contributed by atoms with Gasteiger partial charge in [-0.25, -0.2) is 0 Å². The standard InChI is InChI=1S/C25H36N2O2/c1-7-23(2,3)26-22(29)19-10-9-17-16-8-11-20-25(5,15-13-21(28)27(20)6)18(16)12-14-24(17,19)4/h1,13,15-20H,8-12,14H2,2-6H3,(H,26,29)/t16-,17-,18+,19?,20?,24-,25+/m0/s1. The molecule has 4 aliphatic rings. The summed E-state index contributed by atoms with van der Waals surface area (Å²) < 4.78 is 0. The molecule has 0 saturated heterocycles. The minimum absolute atomic E-state index is 0.0535. The van der Waals surface area contributed by atoms with Crippen molar-refractivity contribution in [3.63, 3.8) is 0 Å². The van der Waals surface area contributed by atoms with Gasteiger partial charge in [-0.2, -0.15) is 0 Å². The van der Waals surface area contributed by atoms with Gasteiger partial charge in [0, 0.05) is 24.4 Å². The monoisotopic (exact) mass is 396 g/mol. The number of amides is 2. The van der Waals surface area contributed by atoms with Gasteiger partial charge in [-0.1, -0.05) is 25.8 Å². The van der Waals surface area contributed by atoms with Crippen molar-refractivity contribution in [2.45, 2.75) is 77.8 Å². The molecule has 0 aromatic carbocycles. The maximum atomic E-state index is 13.1. The molecule has 2 unspecified atom stereocenters. The zero-order chi connectivity index (χ0) is 21.2. The second-order valence-corrected chi connectivity index (χ2v) is 11.1. The molecular formula is C25H36N2O2. The van der Waals surface area contributed by atoms with Gasteiger partial charge in [-0.05, 0) is 81.6 Å². The van der Waals surface area contributed by atoms with Crippen LogP contribution in [0.4, 0.5) is 0 Å². The summed E-state index contributed by atoms with van der Waals surface area (Å²) in [6, 6.07) is 0.308. The van der Waals surface area contributed by atoms with Gasteiger partial charge in [0.15, 0.2) is 0 Å². The lowest BCUT2D eigenvalue weighted by Gasteiger charge is -2.60. The van der Waals surface area contributed by atoms with Gasteiger partial charge in [0.2, 0.25) is 11.8 Å². The predicted octanol–water partition coefficient (Wildman–Crippen LogP) is 3.77. The van der Waals surface area contributed by atoms with Crippen LogP contribution in [0.2, 0.25) is 0 Å². The number of likely N-dealkylation sites (N-methyl/N-ethyl adjacent to an activating group) is 1. The van der Waals surface area contributed by atoms with E-state index in [9.17, 15) is 9.59 Å². The van der Waals surface area contributed by atoms with Crippen molar-refractivity contribution < 1.29 is 9.59 Å². The Hall–Kier alpha value is -1.76. The Morgan fingerprint density at radius 2 is 1.93 bits per heavy atom. The first-order valence-corrected chi connectivity index (χ1v) is 11.3. The molecule has 7 atom stereocenters. The fraction of sp³-hybridized carbons (Fsp3) is 0.760. The third-order valence-corrected chi connectivity index (χ3v) is 9.24. The molecule has 0 radical (unpaired) electrons. The minimum atomic E-state index is -0.599. The first kappa shape index (κ1) is 20.5. The molecule has 4 rings (SSSR count). The predicted molar refractivity (Wildman–Crippen MR) is 115 cm³/mol. The third-order valence-electron chi connectivity index (χ3n) is 9.24. The molecule has 4 heteroatoms. The number of carbonyl (C=O) groups excluding carboxylic acids is 2. The smallest absolute Gasteiger partial charge is 0.246 e. The summed E-state index contributed by atoms with van der Waals surface area (Å²) >= 11 is 0. The van der Waals surface area contributed by atoms with E-state index < -0.39 is 5.54 Å². The number of hydrogen-bond acceptors (Lipinski definition) is 2. The average Bonchev–Trinajstić information content (AvgIpc) is 3.02. The number of nitrogens with zero attached hydrogens (tertiary/aromatic N) is 1. The van der Waals surface area contributed by atoms with E-state index >= 15 is 0 Å². The van der Waals surface area contributed by atoms with E-state index in [0.29, 0.717) is 23.8 Å². The largest absolute Gasteiger partial charge is 0.340 e. The molecule has 1 heterocycles. The van der Waals surface area contributed by atoms with Gasteiger partial charge in [-0.3, -0.25) is 9.59 Å². The second-order valence-electron chi connectivity index (χ2n) is 11.1. The molecule has 3 saturated carbocycles. The Morgan fingerprint density at radius 3 is 2.62 bits per heavy atom. The summed E-state index contributed by atoms with van der Waals surface area (Å²) in [5.41, 5.74) is -0.490. The van der Waals surface area contributed by atoms with Crippen LogP contribution >= 0.6 is 0 Å². The summed E-state index contributed by atoms with van der Waals surface area (Å²) in [6.07, 6.45) is 16.2. The van der Waals surface area contributed by atoms with Crippen LogP contribution in [0.5, 0.6) is 0 Å². The summed E-state index contributed by atoms with van der Waals surface area (Å²) in [7, 11) is 1.96. The Kier molecular flexibility index (Phi) is 4.68. The Bertz CT molecular complexity index is 793. The lowest BCUT2D eigenvalue weighted by atomic mass is 9.47. The Labute approximate surface area is 175 Å². The van der Waals surface area contributed by atoms with Gasteiger partial charge < -0.3 is 10.2 Å². The first-order valence-electron chi connectivity index (χ1n) is 11.3. The van der Waals surface area contributed by atoms with Crippen molar-refractivity contribution in [3.05, 3.63) is 12.2 Å². The molecule has 3 fully saturated rings. The van der Waals surface area contributed by atoms with Crippen molar-refractivity contribution in [2.24, 2.45) is 34.5 Å². The van der Waals surface area contributed by atoms with E-state index in [0.717, 1.165) is 32.1 Å². The van der Waals surface area contributed by atoms with E-state index in [1.807, 2.05) is 25.8 Å². The highest BCUT2D eigenvalue weighted by Gasteiger charge is 2.61. The van der Waals surface area contributed by atoms with Crippen LogP contribution < -0.4 is 5.32 Å². The zero-order valence-corrected chi connectivity index (χ0v) is 18.6. The second kappa shape index (κ2) is 6.62. The van der Waals surface area contributed by atoms with Crippen LogP contribution in [0.25, 0.3) is 0 Å². The van der Waals surface area contributed by atoms with Crippen LogP contribution in [0.1, 0.15) is 66.2 Å². The molecule has 3 aliphatic carbocycles. The number of rotatable bonds is 2. The highest BCUT2D eigenvalue weighted by Crippen LogP contribution is 2.65. The van der Waals surface area contributed by atoms with Gasteiger partial charge in [0.05, 0.1) is 5.54 Å². The molecule has 0 aromatic heterocycles. The van der Waals surface area contributed by atoms with Crippen LogP contribution in [0.15, 0.2) is 12.2 Å². The van der Waals surface area contributed by atoms with Gasteiger partial charge in [-0.15, -0.1) is 6.42 Å². The van der Waals surface area contributed by atoms with Crippen LogP contribution in [-0.2, 0) is 9.59 Å². The molecule has 0 bridgehead atoms. The normalized spacial score (nSPS) is 43.8. The molecule has 0 spiro atoms. The van der Waals surface area contributed by atoms with E-state index in [4.69, 9.17) is 6.42 Å². The van der Waals surface area contributed by atoms with E-state index in [-0.39, 0.29) is 28.6 Å². The maximum Gasteiger partial charge on any atom is 0.246 e. The average molecular weight is 397 g/mol. The van der Waals surface area contributed by atoms with Crippen LogP contribution in [0, 0.1) is 46.8 Å². The SMILES string of the molecule is C#CC(C)(C)NC(=O)C1CC[C@H]2[C@@H]3CCC4N(C)C(=O)C=C[C@]4(C)[C@@H]3CC[C@]12C.